The predicted octanol–water partition coefficient (Wildman–Crippen LogP) is 1.61. The van der Waals surface area contributed by atoms with Gasteiger partial charge in [0.2, 0.25) is 10.0 Å². The largest absolute Gasteiger partial charge is 0.449 e. The van der Waals surface area contributed by atoms with Crippen molar-refractivity contribution in [1.82, 2.24) is 10.0 Å². The zero-order chi connectivity index (χ0) is 19.0. The average molecular weight is 368 g/mol. The number of sulfonamides is 1. The molecule has 0 spiro atoms. The molecule has 0 aliphatic heterocycles. The normalized spacial score (nSPS) is 13.6. The summed E-state index contributed by atoms with van der Waals surface area (Å²) in [4.78, 5) is 23.7. The number of amides is 1. The molecule has 0 saturated heterocycles. The number of hydrogen-bond acceptors (Lipinski definition) is 5. The van der Waals surface area contributed by atoms with Crippen LogP contribution in [-0.4, -0.2) is 39.0 Å². The second-order valence-corrected chi connectivity index (χ2v) is 7.25. The number of esters is 1. The summed E-state index contributed by atoms with van der Waals surface area (Å²) in [5.41, 5.74) is 0.158. The fourth-order valence-corrected chi connectivity index (χ4v) is 3.11. The van der Waals surface area contributed by atoms with E-state index in [4.69, 9.17) is 4.74 Å². The number of hydrogen-bond donors (Lipinski definition) is 2. The maximum Gasteiger partial charge on any atom is 0.338 e. The molecule has 2 atom stereocenters. The van der Waals surface area contributed by atoms with E-state index in [9.17, 15) is 18.0 Å². The van der Waals surface area contributed by atoms with Crippen molar-refractivity contribution < 1.29 is 22.7 Å². The van der Waals surface area contributed by atoms with Crippen molar-refractivity contribution in [2.75, 3.05) is 6.54 Å². The first-order valence-electron chi connectivity index (χ1n) is 7.93. The summed E-state index contributed by atoms with van der Waals surface area (Å²) in [7, 11) is -3.64. The van der Waals surface area contributed by atoms with E-state index in [0.29, 0.717) is 6.42 Å². The van der Waals surface area contributed by atoms with Crippen LogP contribution in [0, 0.1) is 0 Å². The highest BCUT2D eigenvalue weighted by Gasteiger charge is 2.20. The first-order valence-corrected chi connectivity index (χ1v) is 9.41. The molecular weight excluding hydrogens is 344 g/mol. The monoisotopic (exact) mass is 368 g/mol. The topological polar surface area (TPSA) is 102 Å². The third kappa shape index (κ3) is 6.32. The summed E-state index contributed by atoms with van der Waals surface area (Å²) in [5.74, 6) is -1.15. The van der Waals surface area contributed by atoms with E-state index < -0.39 is 28.0 Å². The summed E-state index contributed by atoms with van der Waals surface area (Å²) in [6, 6.07) is 5.15. The Morgan fingerprint density at radius 1 is 1.24 bits per heavy atom. The van der Waals surface area contributed by atoms with Gasteiger partial charge in [-0.15, -0.1) is 6.58 Å². The first-order chi connectivity index (χ1) is 11.7. The van der Waals surface area contributed by atoms with Crippen molar-refractivity contribution in [3.05, 3.63) is 42.5 Å². The Morgan fingerprint density at radius 3 is 2.36 bits per heavy atom. The minimum atomic E-state index is -3.64. The van der Waals surface area contributed by atoms with Gasteiger partial charge in [-0.3, -0.25) is 4.79 Å². The third-order valence-corrected chi connectivity index (χ3v) is 5.05. The van der Waals surface area contributed by atoms with Crippen molar-refractivity contribution in [3.63, 3.8) is 0 Å². The van der Waals surface area contributed by atoms with Gasteiger partial charge in [-0.2, -0.15) is 0 Å². The van der Waals surface area contributed by atoms with Crippen molar-refractivity contribution in [2.45, 2.75) is 44.2 Å². The van der Waals surface area contributed by atoms with Gasteiger partial charge in [-0.25, -0.2) is 17.9 Å². The molecule has 0 bridgehead atoms. The smallest absolute Gasteiger partial charge is 0.338 e. The molecular formula is C17H24N2O5S. The Bertz CT molecular complexity index is 713. The molecule has 25 heavy (non-hydrogen) atoms. The van der Waals surface area contributed by atoms with Crippen molar-refractivity contribution in [2.24, 2.45) is 0 Å². The maximum absolute atomic E-state index is 12.2. The lowest BCUT2D eigenvalue weighted by molar-refractivity contribution is -0.128. The number of benzene rings is 1. The Balaban J connectivity index is 2.77. The standard InChI is InChI=1S/C17H24N2O5S/c1-5-11-18-16(20)13(4)24-17(21)14-7-9-15(10-8-14)25(22,23)19-12(3)6-2/h5,7-10,12-13,19H,1,6,11H2,2-4H3,(H,18,20)/t12-,13+/m1/s1. The molecule has 0 radical (unpaired) electrons. The molecule has 0 aromatic heterocycles. The molecule has 7 nitrogen and oxygen atoms in total. The fourth-order valence-electron chi connectivity index (χ4n) is 1.79. The van der Waals surface area contributed by atoms with Gasteiger partial charge in [0.1, 0.15) is 0 Å². The second-order valence-electron chi connectivity index (χ2n) is 5.54. The van der Waals surface area contributed by atoms with Crippen molar-refractivity contribution in [1.29, 1.82) is 0 Å². The summed E-state index contributed by atoms with van der Waals surface area (Å²) in [6.07, 6.45) is 1.21. The molecule has 1 rings (SSSR count). The number of nitrogens with one attached hydrogen (secondary N) is 2. The molecule has 2 N–H and O–H groups in total. The van der Waals surface area contributed by atoms with Crippen LogP contribution in [-0.2, 0) is 19.6 Å². The third-order valence-electron chi connectivity index (χ3n) is 3.44. The lowest BCUT2D eigenvalue weighted by Crippen LogP contribution is -2.35. The van der Waals surface area contributed by atoms with Crippen LogP contribution in [0.2, 0.25) is 0 Å². The SMILES string of the molecule is C=CCNC(=O)[C@H](C)OC(=O)c1ccc(S(=O)(=O)N[C@H](C)CC)cc1. The zero-order valence-corrected chi connectivity index (χ0v) is 15.4. The van der Waals surface area contributed by atoms with Crippen LogP contribution in [0.15, 0.2) is 41.8 Å². The lowest BCUT2D eigenvalue weighted by Gasteiger charge is -2.14. The number of rotatable bonds is 9. The summed E-state index contributed by atoms with van der Waals surface area (Å²) < 4.78 is 31.9. The van der Waals surface area contributed by atoms with Gasteiger partial charge in [0, 0.05) is 12.6 Å². The van der Waals surface area contributed by atoms with Crippen LogP contribution < -0.4 is 10.0 Å². The minimum absolute atomic E-state index is 0.0566. The fraction of sp³-hybridized carbons (Fsp3) is 0.412. The Morgan fingerprint density at radius 2 is 1.84 bits per heavy atom. The molecule has 0 unspecified atom stereocenters. The molecule has 1 aromatic carbocycles. The van der Waals surface area contributed by atoms with Gasteiger partial charge in [0.05, 0.1) is 10.5 Å². The molecule has 0 aliphatic carbocycles. The highest BCUT2D eigenvalue weighted by molar-refractivity contribution is 7.89. The van der Waals surface area contributed by atoms with E-state index in [2.05, 4.69) is 16.6 Å². The lowest BCUT2D eigenvalue weighted by atomic mass is 10.2. The van der Waals surface area contributed by atoms with Crippen molar-refractivity contribution >= 4 is 21.9 Å². The van der Waals surface area contributed by atoms with Crippen LogP contribution in [0.4, 0.5) is 0 Å². The van der Waals surface area contributed by atoms with E-state index in [-0.39, 0.29) is 23.0 Å². The Hall–Kier alpha value is -2.19. The molecule has 8 heteroatoms. The van der Waals surface area contributed by atoms with E-state index in [0.717, 1.165) is 0 Å². The first kappa shape index (κ1) is 20.9. The predicted molar refractivity (Wildman–Crippen MR) is 94.6 cm³/mol. The highest BCUT2D eigenvalue weighted by Crippen LogP contribution is 2.13. The Labute approximate surface area is 148 Å². The molecule has 1 aromatic rings. The number of carbonyl (C=O) groups excluding carboxylic acids is 2. The molecule has 138 valence electrons. The summed E-state index contributed by atoms with van der Waals surface area (Å²) in [5, 5.41) is 2.52. The van der Waals surface area contributed by atoms with E-state index in [1.807, 2.05) is 6.92 Å². The van der Waals surface area contributed by atoms with Crippen molar-refractivity contribution in [3.8, 4) is 0 Å². The number of ether oxygens (including phenoxy) is 1. The van der Waals surface area contributed by atoms with Crippen LogP contribution in [0.1, 0.15) is 37.6 Å². The van der Waals surface area contributed by atoms with Gasteiger partial charge in [-0.1, -0.05) is 13.0 Å². The molecule has 1 amide bonds. The molecule has 0 fully saturated rings. The van der Waals surface area contributed by atoms with Gasteiger partial charge in [0.25, 0.3) is 5.91 Å². The minimum Gasteiger partial charge on any atom is -0.449 e. The summed E-state index contributed by atoms with van der Waals surface area (Å²) in [6.45, 7) is 8.84. The van der Waals surface area contributed by atoms with Gasteiger partial charge >= 0.3 is 5.97 Å². The van der Waals surface area contributed by atoms with Gasteiger partial charge in [0.15, 0.2) is 6.10 Å². The average Bonchev–Trinajstić information content (AvgIpc) is 2.59. The van der Waals surface area contributed by atoms with E-state index in [1.165, 1.54) is 37.3 Å². The van der Waals surface area contributed by atoms with Crippen LogP contribution in [0.3, 0.4) is 0 Å². The molecule has 0 heterocycles. The zero-order valence-electron chi connectivity index (χ0n) is 14.6. The Kier molecular flexibility index (Phi) is 7.79. The van der Waals surface area contributed by atoms with Crippen LogP contribution in [0.25, 0.3) is 0 Å². The van der Waals surface area contributed by atoms with Crippen LogP contribution >= 0.6 is 0 Å². The quantitative estimate of drug-likeness (QED) is 0.509. The van der Waals surface area contributed by atoms with E-state index in [1.54, 1.807) is 6.92 Å². The number of carbonyl (C=O) groups is 2. The highest BCUT2D eigenvalue weighted by atomic mass is 32.2. The second kappa shape index (κ2) is 9.33. The summed E-state index contributed by atoms with van der Waals surface area (Å²) >= 11 is 0. The van der Waals surface area contributed by atoms with Gasteiger partial charge < -0.3 is 10.1 Å². The maximum atomic E-state index is 12.2. The van der Waals surface area contributed by atoms with Crippen LogP contribution in [0.5, 0.6) is 0 Å². The van der Waals surface area contributed by atoms with E-state index >= 15 is 0 Å². The molecule has 0 saturated carbocycles. The van der Waals surface area contributed by atoms with Gasteiger partial charge in [-0.05, 0) is 44.5 Å². The molecule has 0 aliphatic rings.